The second-order valence-corrected chi connectivity index (χ2v) is 13.7. The third-order valence-corrected chi connectivity index (χ3v) is 12.1. The van der Waals surface area contributed by atoms with Crippen LogP contribution < -0.4 is 21.2 Å². The lowest BCUT2D eigenvalue weighted by Gasteiger charge is -2.27. The third-order valence-electron chi connectivity index (χ3n) is 7.77. The highest BCUT2D eigenvalue weighted by Crippen LogP contribution is 2.54. The molecule has 1 heterocycles. The second kappa shape index (κ2) is 11.4. The lowest BCUT2D eigenvalue weighted by atomic mass is 10.1. The molecule has 0 amide bonds. The smallest absolute Gasteiger partial charge is 0.144 e. The lowest BCUT2D eigenvalue weighted by molar-refractivity contribution is 1.31. The van der Waals surface area contributed by atoms with Crippen LogP contribution in [0.2, 0.25) is 0 Å². The van der Waals surface area contributed by atoms with Gasteiger partial charge in [0.15, 0.2) is 0 Å². The Hall–Kier alpha value is -5.04. The fraction of sp³-hybridized carbons (Fsp3) is 0. The quantitative estimate of drug-likeness (QED) is 0.198. The van der Waals surface area contributed by atoms with Gasteiger partial charge in [-0.25, -0.2) is 4.98 Å². The number of benzene rings is 6. The van der Waals surface area contributed by atoms with Crippen LogP contribution in [-0.2, 0) is 0 Å². The van der Waals surface area contributed by atoms with E-state index in [2.05, 4.69) is 169 Å². The molecule has 6 aromatic carbocycles. The van der Waals surface area contributed by atoms with Gasteiger partial charge in [0.2, 0.25) is 0 Å². The lowest BCUT2D eigenvalue weighted by Crippen LogP contribution is -2.38. The number of nitrogens with zero attached hydrogens (tertiary/aromatic N) is 1. The number of aromatic nitrogens is 2. The SMILES string of the molecule is c1ccc(-c2nc(-c3ccc([P+](c4ccccc4)(c4ccccc4)c4ccccc4)cc3)[nH]c2-c2ccccc2)cc1. The fourth-order valence-electron chi connectivity index (χ4n) is 5.82. The maximum absolute atomic E-state index is 5.15. The molecule has 7 rings (SSSR count). The molecule has 0 spiro atoms. The summed E-state index contributed by atoms with van der Waals surface area (Å²) in [5.41, 5.74) is 5.26. The molecule has 0 saturated carbocycles. The topological polar surface area (TPSA) is 28.7 Å². The van der Waals surface area contributed by atoms with E-state index in [0.29, 0.717) is 0 Å². The van der Waals surface area contributed by atoms with E-state index < -0.39 is 7.26 Å². The Kier molecular flexibility index (Phi) is 7.06. The summed E-state index contributed by atoms with van der Waals surface area (Å²) < 4.78 is 0. The van der Waals surface area contributed by atoms with Crippen LogP contribution in [0.15, 0.2) is 176 Å². The molecule has 2 nitrogen and oxygen atoms in total. The van der Waals surface area contributed by atoms with Gasteiger partial charge < -0.3 is 4.98 Å². The summed E-state index contributed by atoms with van der Waals surface area (Å²) in [5.74, 6) is 0.863. The van der Waals surface area contributed by atoms with Crippen LogP contribution in [0, 0.1) is 0 Å². The Balaban J connectivity index is 1.40. The zero-order valence-electron chi connectivity index (χ0n) is 23.1. The van der Waals surface area contributed by atoms with Gasteiger partial charge in [0, 0.05) is 16.7 Å². The largest absolute Gasteiger partial charge is 0.337 e. The van der Waals surface area contributed by atoms with Gasteiger partial charge in [0.05, 0.1) is 11.4 Å². The average Bonchev–Trinajstić information content (AvgIpc) is 3.54. The molecule has 7 aromatic rings. The molecule has 200 valence electrons. The van der Waals surface area contributed by atoms with Crippen molar-refractivity contribution in [2.24, 2.45) is 0 Å². The summed E-state index contributed by atoms with van der Waals surface area (Å²) in [6.07, 6.45) is 0. The summed E-state index contributed by atoms with van der Waals surface area (Å²) in [6, 6.07) is 62.9. The van der Waals surface area contributed by atoms with Crippen molar-refractivity contribution >= 4 is 28.5 Å². The van der Waals surface area contributed by atoms with E-state index in [9.17, 15) is 0 Å². The standard InChI is InChI=1S/C39H30N2P/c1-6-16-30(17-7-1)37-38(31-18-8-2-9-19-31)41-39(40-37)32-26-28-36(29-27-32)42(33-20-10-3-11-21-33,34-22-12-4-13-23-34)35-24-14-5-15-25-35/h1-29H,(H,40,41)/q+1. The van der Waals surface area contributed by atoms with E-state index in [-0.39, 0.29) is 0 Å². The molecule has 42 heavy (non-hydrogen) atoms. The van der Waals surface area contributed by atoms with E-state index in [1.54, 1.807) is 0 Å². The number of H-pyrrole nitrogens is 1. The van der Waals surface area contributed by atoms with Crippen molar-refractivity contribution in [2.75, 3.05) is 0 Å². The number of nitrogens with one attached hydrogen (secondary N) is 1. The zero-order chi connectivity index (χ0) is 28.2. The van der Waals surface area contributed by atoms with Gasteiger partial charge in [-0.3, -0.25) is 0 Å². The average molecular weight is 558 g/mol. The number of aromatic amines is 1. The number of rotatable bonds is 7. The maximum atomic E-state index is 5.15. The molecule has 0 fully saturated rings. The molecule has 0 aliphatic carbocycles. The molecular weight excluding hydrogens is 527 g/mol. The molecule has 0 bridgehead atoms. The van der Waals surface area contributed by atoms with Crippen molar-refractivity contribution in [3.05, 3.63) is 176 Å². The normalized spacial score (nSPS) is 11.3. The first kappa shape index (κ1) is 25.9. The summed E-state index contributed by atoms with van der Waals surface area (Å²) in [5, 5.41) is 5.33. The Labute approximate surface area is 247 Å². The highest BCUT2D eigenvalue weighted by Gasteiger charge is 2.47. The molecule has 0 radical (unpaired) electrons. The van der Waals surface area contributed by atoms with Crippen molar-refractivity contribution in [3.8, 4) is 33.9 Å². The predicted molar refractivity (Wildman–Crippen MR) is 180 cm³/mol. The first-order valence-corrected chi connectivity index (χ1v) is 16.0. The molecule has 0 unspecified atom stereocenters. The monoisotopic (exact) mass is 557 g/mol. The van der Waals surface area contributed by atoms with Crippen molar-refractivity contribution in [3.63, 3.8) is 0 Å². The van der Waals surface area contributed by atoms with Crippen molar-refractivity contribution < 1.29 is 0 Å². The highest BCUT2D eigenvalue weighted by molar-refractivity contribution is 8.01. The van der Waals surface area contributed by atoms with Gasteiger partial charge in [-0.05, 0) is 60.7 Å². The molecule has 0 aliphatic heterocycles. The van der Waals surface area contributed by atoms with Crippen LogP contribution in [0.3, 0.4) is 0 Å². The molecule has 1 N–H and O–H groups in total. The number of imidazole rings is 1. The summed E-state index contributed by atoms with van der Waals surface area (Å²) in [7, 11) is -2.15. The molecule has 0 atom stereocenters. The second-order valence-electron chi connectivity index (χ2n) is 10.3. The maximum Gasteiger partial charge on any atom is 0.144 e. The van der Waals surface area contributed by atoms with Crippen molar-refractivity contribution in [1.29, 1.82) is 0 Å². The zero-order valence-corrected chi connectivity index (χ0v) is 24.0. The van der Waals surface area contributed by atoms with Crippen LogP contribution in [0.25, 0.3) is 33.9 Å². The van der Waals surface area contributed by atoms with Crippen LogP contribution in [0.5, 0.6) is 0 Å². The van der Waals surface area contributed by atoms with E-state index in [0.717, 1.165) is 33.9 Å². The minimum Gasteiger partial charge on any atom is -0.337 e. The number of hydrogen-bond acceptors (Lipinski definition) is 1. The van der Waals surface area contributed by atoms with Gasteiger partial charge >= 0.3 is 0 Å². The minimum atomic E-state index is -2.15. The van der Waals surface area contributed by atoms with E-state index in [4.69, 9.17) is 4.98 Å². The van der Waals surface area contributed by atoms with E-state index >= 15 is 0 Å². The van der Waals surface area contributed by atoms with Gasteiger partial charge in [0.25, 0.3) is 0 Å². The van der Waals surface area contributed by atoms with Gasteiger partial charge in [-0.15, -0.1) is 0 Å². The van der Waals surface area contributed by atoms with Gasteiger partial charge in [-0.2, -0.15) is 0 Å². The molecule has 0 aliphatic rings. The summed E-state index contributed by atoms with van der Waals surface area (Å²) >= 11 is 0. The molecule has 3 heteroatoms. The van der Waals surface area contributed by atoms with Crippen molar-refractivity contribution in [2.45, 2.75) is 0 Å². The van der Waals surface area contributed by atoms with Crippen LogP contribution in [-0.4, -0.2) is 9.97 Å². The molecule has 1 aromatic heterocycles. The molecular formula is C39H30N2P+. The Morgan fingerprint density at radius 3 is 1.19 bits per heavy atom. The first-order valence-electron chi connectivity index (χ1n) is 14.2. The Bertz CT molecular complexity index is 1730. The van der Waals surface area contributed by atoms with E-state index in [1.165, 1.54) is 21.2 Å². The fourth-order valence-corrected chi connectivity index (χ4v) is 10.1. The van der Waals surface area contributed by atoms with Crippen molar-refractivity contribution in [1.82, 2.24) is 9.97 Å². The van der Waals surface area contributed by atoms with Crippen LogP contribution in [0.1, 0.15) is 0 Å². The van der Waals surface area contributed by atoms with E-state index in [1.807, 2.05) is 12.1 Å². The Morgan fingerprint density at radius 2 is 0.738 bits per heavy atom. The summed E-state index contributed by atoms with van der Waals surface area (Å²) in [6.45, 7) is 0. The van der Waals surface area contributed by atoms with Crippen LogP contribution >= 0.6 is 7.26 Å². The third kappa shape index (κ3) is 4.67. The Morgan fingerprint density at radius 1 is 0.357 bits per heavy atom. The highest BCUT2D eigenvalue weighted by atomic mass is 31.2. The molecule has 0 saturated heterocycles. The van der Waals surface area contributed by atoms with Gasteiger partial charge in [-0.1, -0.05) is 115 Å². The van der Waals surface area contributed by atoms with Gasteiger partial charge in [0.1, 0.15) is 34.3 Å². The predicted octanol–water partition coefficient (Wildman–Crippen LogP) is 8.03. The summed E-state index contributed by atoms with van der Waals surface area (Å²) in [4.78, 5) is 8.81. The first-order chi connectivity index (χ1) is 20.8. The number of hydrogen-bond donors (Lipinski definition) is 1. The minimum absolute atomic E-state index is 0.863. The van der Waals surface area contributed by atoms with Crippen LogP contribution in [0.4, 0.5) is 0 Å².